The summed E-state index contributed by atoms with van der Waals surface area (Å²) in [6.45, 7) is 4.51. The van der Waals surface area contributed by atoms with Gasteiger partial charge in [0.25, 0.3) is 0 Å². The monoisotopic (exact) mass is 369 g/mol. The number of halogens is 2. The van der Waals surface area contributed by atoms with Crippen molar-refractivity contribution < 1.29 is 14.0 Å². The van der Waals surface area contributed by atoms with Crippen molar-refractivity contribution in [3.05, 3.63) is 34.6 Å². The van der Waals surface area contributed by atoms with E-state index in [1.165, 1.54) is 6.07 Å². The first-order valence-corrected chi connectivity index (χ1v) is 8.93. The molecule has 1 aliphatic rings. The van der Waals surface area contributed by atoms with E-state index < -0.39 is 17.8 Å². The fourth-order valence-corrected chi connectivity index (χ4v) is 3.83. The lowest BCUT2D eigenvalue weighted by molar-refractivity contribution is -0.122. The highest BCUT2D eigenvalue weighted by atomic mass is 35.5. The Morgan fingerprint density at radius 2 is 2.08 bits per heavy atom. The molecule has 0 spiro atoms. The number of hydrogen-bond donors (Lipinski definition) is 2. The number of urea groups is 1. The molecule has 138 valence electrons. The van der Waals surface area contributed by atoms with Crippen LogP contribution in [-0.4, -0.2) is 29.4 Å². The van der Waals surface area contributed by atoms with Crippen molar-refractivity contribution in [1.82, 2.24) is 10.2 Å². The number of amides is 3. The Balaban J connectivity index is 2.25. The van der Waals surface area contributed by atoms with Gasteiger partial charge in [0.1, 0.15) is 5.82 Å². The number of imide groups is 1. The molecule has 0 heterocycles. The van der Waals surface area contributed by atoms with E-state index in [-0.39, 0.29) is 19.1 Å². The molecule has 0 bridgehead atoms. The number of benzene rings is 1. The van der Waals surface area contributed by atoms with E-state index in [9.17, 15) is 14.0 Å². The van der Waals surface area contributed by atoms with Crippen LogP contribution in [0.1, 0.15) is 38.7 Å². The minimum Gasteiger partial charge on any atom is -0.351 e. The molecule has 2 rings (SSSR count). The van der Waals surface area contributed by atoms with Crippen molar-refractivity contribution in [2.24, 2.45) is 17.6 Å². The Morgan fingerprint density at radius 1 is 1.36 bits per heavy atom. The SMILES string of the molecule is C[C@H]1[C@H](C)CCC[C@H]1N(CC(=O)NC(N)=O)Cc1c(F)cccc1Cl. The molecule has 3 amide bonds. The van der Waals surface area contributed by atoms with Gasteiger partial charge in [0, 0.05) is 23.2 Å². The number of nitrogens with two attached hydrogens (primary N) is 1. The second kappa shape index (κ2) is 8.63. The van der Waals surface area contributed by atoms with Gasteiger partial charge in [-0.05, 0) is 30.4 Å². The first-order chi connectivity index (χ1) is 11.8. The quantitative estimate of drug-likeness (QED) is 0.836. The van der Waals surface area contributed by atoms with Crippen molar-refractivity contribution in [3.8, 4) is 0 Å². The Bertz CT molecular complexity index is 620. The standard InChI is InChI=1S/C18H25ClFN3O2/c1-11-5-3-8-16(12(11)2)23(10-17(24)22-18(21)25)9-13-14(19)6-4-7-15(13)20/h4,6-7,11-12,16H,3,5,8-10H2,1-2H3,(H3,21,22,24,25)/t11-,12+,16-/m1/s1. The molecule has 1 saturated carbocycles. The lowest BCUT2D eigenvalue weighted by Gasteiger charge is -2.41. The number of primary amides is 1. The van der Waals surface area contributed by atoms with Crippen LogP contribution in [0.25, 0.3) is 0 Å². The number of rotatable bonds is 5. The first-order valence-electron chi connectivity index (χ1n) is 8.55. The van der Waals surface area contributed by atoms with Gasteiger partial charge < -0.3 is 5.73 Å². The maximum absolute atomic E-state index is 14.2. The molecule has 1 aromatic carbocycles. The lowest BCUT2D eigenvalue weighted by Crippen LogP contribution is -2.49. The average molecular weight is 370 g/mol. The molecule has 0 aromatic heterocycles. The summed E-state index contributed by atoms with van der Waals surface area (Å²) in [5, 5.41) is 2.42. The number of carbonyl (C=O) groups excluding carboxylic acids is 2. The molecule has 7 heteroatoms. The second-order valence-corrected chi connectivity index (χ2v) is 7.26. The van der Waals surface area contributed by atoms with Crippen LogP contribution in [0.5, 0.6) is 0 Å². The number of nitrogens with one attached hydrogen (secondary N) is 1. The highest BCUT2D eigenvalue weighted by molar-refractivity contribution is 6.31. The van der Waals surface area contributed by atoms with Gasteiger partial charge in [0.2, 0.25) is 5.91 Å². The van der Waals surface area contributed by atoms with E-state index in [0.717, 1.165) is 19.3 Å². The van der Waals surface area contributed by atoms with Gasteiger partial charge in [-0.15, -0.1) is 0 Å². The first kappa shape index (κ1) is 19.7. The molecule has 3 atom stereocenters. The Hall–Kier alpha value is -1.66. The largest absolute Gasteiger partial charge is 0.351 e. The van der Waals surface area contributed by atoms with Crippen molar-refractivity contribution in [2.45, 2.75) is 45.7 Å². The zero-order valence-corrected chi connectivity index (χ0v) is 15.4. The minimum atomic E-state index is -0.890. The van der Waals surface area contributed by atoms with Crippen molar-refractivity contribution in [2.75, 3.05) is 6.54 Å². The summed E-state index contributed by atoms with van der Waals surface area (Å²) in [6.07, 6.45) is 3.11. The van der Waals surface area contributed by atoms with Crippen LogP contribution in [0.15, 0.2) is 18.2 Å². The van der Waals surface area contributed by atoms with Crippen LogP contribution >= 0.6 is 11.6 Å². The molecule has 1 aromatic rings. The van der Waals surface area contributed by atoms with E-state index in [1.807, 2.05) is 4.90 Å². The minimum absolute atomic E-state index is 0.0324. The molecule has 25 heavy (non-hydrogen) atoms. The predicted octanol–water partition coefficient (Wildman–Crippen LogP) is 3.30. The van der Waals surface area contributed by atoms with Crippen LogP contribution in [0.3, 0.4) is 0 Å². The predicted molar refractivity (Wildman–Crippen MR) is 95.5 cm³/mol. The zero-order valence-electron chi connectivity index (χ0n) is 14.6. The summed E-state index contributed by atoms with van der Waals surface area (Å²) in [6, 6.07) is 3.76. The van der Waals surface area contributed by atoms with Crippen molar-refractivity contribution in [3.63, 3.8) is 0 Å². The van der Waals surface area contributed by atoms with E-state index >= 15 is 0 Å². The fourth-order valence-electron chi connectivity index (χ4n) is 3.61. The van der Waals surface area contributed by atoms with E-state index in [1.54, 1.807) is 12.1 Å². The van der Waals surface area contributed by atoms with Gasteiger partial charge in [-0.25, -0.2) is 9.18 Å². The number of nitrogens with zero attached hydrogens (tertiary/aromatic N) is 1. The number of hydrogen-bond acceptors (Lipinski definition) is 3. The Kier molecular flexibility index (Phi) is 6.79. The summed E-state index contributed by atoms with van der Waals surface area (Å²) >= 11 is 6.16. The third kappa shape index (κ3) is 5.16. The highest BCUT2D eigenvalue weighted by Gasteiger charge is 2.33. The molecule has 1 fully saturated rings. The molecule has 5 nitrogen and oxygen atoms in total. The third-order valence-electron chi connectivity index (χ3n) is 5.17. The second-order valence-electron chi connectivity index (χ2n) is 6.85. The maximum atomic E-state index is 14.2. The van der Waals surface area contributed by atoms with Gasteiger partial charge in [-0.3, -0.25) is 15.0 Å². The molecule has 3 N–H and O–H groups in total. The molecule has 0 aliphatic heterocycles. The third-order valence-corrected chi connectivity index (χ3v) is 5.52. The van der Waals surface area contributed by atoms with Gasteiger partial charge in [-0.2, -0.15) is 0 Å². The van der Waals surface area contributed by atoms with Crippen LogP contribution in [-0.2, 0) is 11.3 Å². The van der Waals surface area contributed by atoms with Crippen LogP contribution in [0, 0.1) is 17.7 Å². The maximum Gasteiger partial charge on any atom is 0.318 e. The summed E-state index contributed by atoms with van der Waals surface area (Å²) in [7, 11) is 0. The summed E-state index contributed by atoms with van der Waals surface area (Å²) < 4.78 is 14.2. The van der Waals surface area contributed by atoms with Crippen LogP contribution < -0.4 is 11.1 Å². The Morgan fingerprint density at radius 3 is 2.72 bits per heavy atom. The zero-order chi connectivity index (χ0) is 18.6. The van der Waals surface area contributed by atoms with Gasteiger partial charge in [0.15, 0.2) is 0 Å². The summed E-state index contributed by atoms with van der Waals surface area (Å²) in [4.78, 5) is 24.9. The molecule has 0 radical (unpaired) electrons. The molecule has 0 unspecified atom stereocenters. The fraction of sp³-hybridized carbons (Fsp3) is 0.556. The highest BCUT2D eigenvalue weighted by Crippen LogP contribution is 2.34. The van der Waals surface area contributed by atoms with Crippen LogP contribution in [0.2, 0.25) is 5.02 Å². The van der Waals surface area contributed by atoms with Crippen molar-refractivity contribution >= 4 is 23.5 Å². The molecular formula is C18H25ClFN3O2. The van der Waals surface area contributed by atoms with Gasteiger partial charge in [0.05, 0.1) is 6.54 Å². The molecule has 0 saturated heterocycles. The van der Waals surface area contributed by atoms with Gasteiger partial charge in [-0.1, -0.05) is 44.4 Å². The Labute approximate surface area is 152 Å². The van der Waals surface area contributed by atoms with E-state index in [4.69, 9.17) is 17.3 Å². The van der Waals surface area contributed by atoms with Crippen LogP contribution in [0.4, 0.5) is 9.18 Å². The normalized spacial score (nSPS) is 23.5. The summed E-state index contributed by atoms with van der Waals surface area (Å²) in [5.74, 6) is -0.0353. The molecular weight excluding hydrogens is 345 g/mol. The number of carbonyl (C=O) groups is 2. The lowest BCUT2D eigenvalue weighted by atomic mass is 9.77. The molecule has 1 aliphatic carbocycles. The smallest absolute Gasteiger partial charge is 0.318 e. The van der Waals surface area contributed by atoms with E-state index in [2.05, 4.69) is 19.2 Å². The summed E-state index contributed by atoms with van der Waals surface area (Å²) in [5.41, 5.74) is 5.39. The topological polar surface area (TPSA) is 75.4 Å². The van der Waals surface area contributed by atoms with Crippen molar-refractivity contribution in [1.29, 1.82) is 0 Å². The van der Waals surface area contributed by atoms with E-state index in [0.29, 0.717) is 22.4 Å². The van der Waals surface area contributed by atoms with Gasteiger partial charge >= 0.3 is 6.03 Å². The average Bonchev–Trinajstić information content (AvgIpc) is 2.52.